The summed E-state index contributed by atoms with van der Waals surface area (Å²) >= 11 is 0. The van der Waals surface area contributed by atoms with Crippen LogP contribution in [-0.2, 0) is 16.1 Å². The molecule has 4 rings (SSSR count). The average Bonchev–Trinajstić information content (AvgIpc) is 3.33. The Balaban J connectivity index is 1.41. The summed E-state index contributed by atoms with van der Waals surface area (Å²) in [6, 6.07) is 9.79. The summed E-state index contributed by atoms with van der Waals surface area (Å²) in [6.45, 7) is 10.6. The Kier molecular flexibility index (Phi) is 5.90. The third-order valence-corrected chi connectivity index (χ3v) is 7.19. The number of fused-ring (bicyclic) bond motifs is 1. The number of nitrogens with one attached hydrogen (secondary N) is 1. The van der Waals surface area contributed by atoms with Crippen molar-refractivity contribution in [2.24, 2.45) is 10.8 Å². The molecular formula is C24H35N3O4. The van der Waals surface area contributed by atoms with Crippen molar-refractivity contribution in [1.29, 1.82) is 0 Å². The Morgan fingerprint density at radius 3 is 2.26 bits per heavy atom. The van der Waals surface area contributed by atoms with Gasteiger partial charge in [-0.2, -0.15) is 0 Å². The van der Waals surface area contributed by atoms with E-state index in [1.165, 1.54) is 0 Å². The lowest BCUT2D eigenvalue weighted by Crippen LogP contribution is -2.52. The van der Waals surface area contributed by atoms with E-state index in [1.807, 2.05) is 60.9 Å². The number of nitrogens with zero attached hydrogens (tertiary/aromatic N) is 2. The van der Waals surface area contributed by atoms with Gasteiger partial charge in [0.15, 0.2) is 0 Å². The maximum absolute atomic E-state index is 12.9. The lowest BCUT2D eigenvalue weighted by atomic mass is 9.60. The van der Waals surface area contributed by atoms with Crippen LogP contribution in [0.5, 0.6) is 0 Å². The quantitative estimate of drug-likeness (QED) is 0.777. The molecule has 2 amide bonds. The van der Waals surface area contributed by atoms with Gasteiger partial charge in [0.25, 0.3) is 0 Å². The molecule has 3 saturated heterocycles. The molecule has 7 heteroatoms. The third kappa shape index (κ3) is 4.52. The predicted molar refractivity (Wildman–Crippen MR) is 118 cm³/mol. The minimum Gasteiger partial charge on any atom is -0.445 e. The predicted octanol–water partition coefficient (Wildman–Crippen LogP) is 3.64. The van der Waals surface area contributed by atoms with E-state index in [-0.39, 0.29) is 23.0 Å². The van der Waals surface area contributed by atoms with Crippen LogP contribution < -0.4 is 5.32 Å². The largest absolute Gasteiger partial charge is 0.445 e. The van der Waals surface area contributed by atoms with Crippen LogP contribution in [-0.4, -0.2) is 66.9 Å². The zero-order valence-corrected chi connectivity index (χ0v) is 19.0. The molecule has 0 bridgehead atoms. The second-order valence-electron chi connectivity index (χ2n) is 10.4. The normalized spacial score (nSPS) is 25.3. The van der Waals surface area contributed by atoms with E-state index in [1.54, 1.807) is 0 Å². The van der Waals surface area contributed by atoms with E-state index in [4.69, 9.17) is 9.47 Å². The molecule has 3 aliphatic heterocycles. The SMILES string of the molecule is CC(C)(C)OC(=O)N1CCC2(CC1)CN(C(=O)OCc1ccccc1)CC21CCNC1. The molecule has 0 aromatic heterocycles. The standard InChI is InChI=1S/C24H35N3O4/c1-22(2,3)31-21(29)26-13-10-23(11-14-26)17-27(18-24(23)9-12-25-16-24)20(28)30-15-19-7-5-4-6-8-19/h4-8,25H,9-18H2,1-3H3. The van der Waals surface area contributed by atoms with E-state index in [2.05, 4.69) is 5.32 Å². The van der Waals surface area contributed by atoms with Gasteiger partial charge >= 0.3 is 12.2 Å². The summed E-state index contributed by atoms with van der Waals surface area (Å²) < 4.78 is 11.2. The highest BCUT2D eigenvalue weighted by Gasteiger charge is 2.60. The van der Waals surface area contributed by atoms with Crippen molar-refractivity contribution in [3.8, 4) is 0 Å². The van der Waals surface area contributed by atoms with Gasteiger partial charge in [0, 0.05) is 43.6 Å². The number of carbonyl (C=O) groups is 2. The minimum absolute atomic E-state index is 0.0147. The number of rotatable bonds is 2. The van der Waals surface area contributed by atoms with Gasteiger partial charge in [-0.3, -0.25) is 0 Å². The summed E-state index contributed by atoms with van der Waals surface area (Å²) in [5.74, 6) is 0. The Morgan fingerprint density at radius 2 is 1.65 bits per heavy atom. The Morgan fingerprint density at radius 1 is 0.968 bits per heavy atom. The number of hydrogen-bond donors (Lipinski definition) is 1. The third-order valence-electron chi connectivity index (χ3n) is 7.19. The number of ether oxygens (including phenoxy) is 2. The summed E-state index contributed by atoms with van der Waals surface area (Å²) in [5.41, 5.74) is 0.572. The van der Waals surface area contributed by atoms with Crippen LogP contribution in [0.15, 0.2) is 30.3 Å². The van der Waals surface area contributed by atoms with Gasteiger partial charge < -0.3 is 24.6 Å². The Hall–Kier alpha value is -2.28. The first-order chi connectivity index (χ1) is 14.7. The lowest BCUT2D eigenvalue weighted by Gasteiger charge is -2.47. The molecule has 1 N–H and O–H groups in total. The highest BCUT2D eigenvalue weighted by atomic mass is 16.6. The number of likely N-dealkylation sites (tertiary alicyclic amines) is 2. The van der Waals surface area contributed by atoms with Gasteiger partial charge in [0.2, 0.25) is 0 Å². The van der Waals surface area contributed by atoms with Crippen molar-refractivity contribution in [3.05, 3.63) is 35.9 Å². The van der Waals surface area contributed by atoms with Crippen LogP contribution in [0.2, 0.25) is 0 Å². The summed E-state index contributed by atoms with van der Waals surface area (Å²) in [4.78, 5) is 29.2. The van der Waals surface area contributed by atoms with Crippen molar-refractivity contribution in [2.75, 3.05) is 39.3 Å². The summed E-state index contributed by atoms with van der Waals surface area (Å²) in [5, 5.41) is 3.52. The number of amides is 2. The molecule has 3 aliphatic rings. The molecule has 1 aromatic carbocycles. The molecule has 1 aromatic rings. The average molecular weight is 430 g/mol. The zero-order chi connectivity index (χ0) is 22.1. The van der Waals surface area contributed by atoms with Crippen molar-refractivity contribution in [1.82, 2.24) is 15.1 Å². The van der Waals surface area contributed by atoms with Crippen LogP contribution >= 0.6 is 0 Å². The molecule has 31 heavy (non-hydrogen) atoms. The van der Waals surface area contributed by atoms with Gasteiger partial charge in [-0.1, -0.05) is 30.3 Å². The van der Waals surface area contributed by atoms with Gasteiger partial charge in [-0.25, -0.2) is 9.59 Å². The van der Waals surface area contributed by atoms with E-state index >= 15 is 0 Å². The molecule has 0 saturated carbocycles. The van der Waals surface area contributed by atoms with E-state index in [0.29, 0.717) is 26.2 Å². The van der Waals surface area contributed by atoms with E-state index < -0.39 is 5.60 Å². The molecule has 3 heterocycles. The van der Waals surface area contributed by atoms with Crippen LogP contribution in [0.3, 0.4) is 0 Å². The van der Waals surface area contributed by atoms with Crippen LogP contribution in [0.25, 0.3) is 0 Å². The molecule has 170 valence electrons. The summed E-state index contributed by atoms with van der Waals surface area (Å²) in [7, 11) is 0. The van der Waals surface area contributed by atoms with Gasteiger partial charge in [-0.05, 0) is 52.1 Å². The van der Waals surface area contributed by atoms with E-state index in [0.717, 1.165) is 44.5 Å². The maximum atomic E-state index is 12.9. The molecular weight excluding hydrogens is 394 g/mol. The molecule has 1 atom stereocenters. The molecule has 0 radical (unpaired) electrons. The second kappa shape index (κ2) is 8.34. The first kappa shape index (κ1) is 21.9. The topological polar surface area (TPSA) is 71.1 Å². The highest BCUT2D eigenvalue weighted by molar-refractivity contribution is 5.69. The van der Waals surface area contributed by atoms with Crippen LogP contribution in [0.1, 0.15) is 45.6 Å². The Labute approximate surface area is 185 Å². The second-order valence-corrected chi connectivity index (χ2v) is 10.4. The van der Waals surface area contributed by atoms with Crippen molar-refractivity contribution in [3.63, 3.8) is 0 Å². The van der Waals surface area contributed by atoms with Crippen molar-refractivity contribution < 1.29 is 19.1 Å². The van der Waals surface area contributed by atoms with Gasteiger partial charge in [-0.15, -0.1) is 0 Å². The molecule has 3 fully saturated rings. The van der Waals surface area contributed by atoms with E-state index in [9.17, 15) is 9.59 Å². The van der Waals surface area contributed by atoms with Crippen molar-refractivity contribution >= 4 is 12.2 Å². The maximum Gasteiger partial charge on any atom is 0.410 e. The monoisotopic (exact) mass is 429 g/mol. The molecule has 1 unspecified atom stereocenters. The Bertz CT molecular complexity index is 791. The highest BCUT2D eigenvalue weighted by Crippen LogP contribution is 2.56. The lowest BCUT2D eigenvalue weighted by molar-refractivity contribution is -0.00761. The summed E-state index contributed by atoms with van der Waals surface area (Å²) in [6.07, 6.45) is 2.36. The van der Waals surface area contributed by atoms with Gasteiger partial charge in [0.05, 0.1) is 0 Å². The zero-order valence-electron chi connectivity index (χ0n) is 19.0. The fraction of sp³-hybridized carbons (Fsp3) is 0.667. The number of piperidine rings is 1. The first-order valence-electron chi connectivity index (χ1n) is 11.4. The fourth-order valence-electron chi connectivity index (χ4n) is 5.53. The molecule has 2 spiro atoms. The smallest absolute Gasteiger partial charge is 0.410 e. The fourth-order valence-corrected chi connectivity index (χ4v) is 5.53. The van der Waals surface area contributed by atoms with Crippen LogP contribution in [0, 0.1) is 10.8 Å². The van der Waals surface area contributed by atoms with Crippen molar-refractivity contribution in [2.45, 2.75) is 52.2 Å². The first-order valence-corrected chi connectivity index (χ1v) is 11.4. The number of benzene rings is 1. The van der Waals surface area contributed by atoms with Crippen LogP contribution in [0.4, 0.5) is 9.59 Å². The number of carbonyl (C=O) groups excluding carboxylic acids is 2. The number of hydrogen-bond acceptors (Lipinski definition) is 5. The molecule has 0 aliphatic carbocycles. The minimum atomic E-state index is -0.491. The van der Waals surface area contributed by atoms with Gasteiger partial charge in [0.1, 0.15) is 12.2 Å². The molecule has 7 nitrogen and oxygen atoms in total.